The standard InChI is InChI=1S/C12H7F13N2O/c1-2-28-6-26-3-5(4-27-6)7(13,14)8(15,16)9(17,18)10(19,20)11(21,22)12(23,24)25/h3-4H,2H2,1H3. The summed E-state index contributed by atoms with van der Waals surface area (Å²) in [5.74, 6) is -37.4. The van der Waals surface area contributed by atoms with E-state index < -0.39 is 47.4 Å². The Labute approximate surface area is 146 Å². The van der Waals surface area contributed by atoms with E-state index in [1.165, 1.54) is 6.92 Å². The molecule has 28 heavy (non-hydrogen) atoms. The molecule has 0 amide bonds. The molecule has 0 aromatic carbocycles. The smallest absolute Gasteiger partial charge is 0.460 e. The molecule has 0 aliphatic carbocycles. The molecule has 0 radical (unpaired) electrons. The van der Waals surface area contributed by atoms with Crippen molar-refractivity contribution < 1.29 is 61.8 Å². The molecule has 0 aliphatic heterocycles. The van der Waals surface area contributed by atoms with Crippen LogP contribution in [0.4, 0.5) is 57.1 Å². The summed E-state index contributed by atoms with van der Waals surface area (Å²) in [7, 11) is 0. The van der Waals surface area contributed by atoms with Gasteiger partial charge in [0.25, 0.3) is 0 Å². The minimum absolute atomic E-state index is 0.164. The van der Waals surface area contributed by atoms with Gasteiger partial charge in [0.1, 0.15) is 0 Å². The normalized spacial score (nSPS) is 14.9. The Morgan fingerprint density at radius 2 is 1.07 bits per heavy atom. The van der Waals surface area contributed by atoms with Crippen LogP contribution in [0.25, 0.3) is 0 Å². The predicted molar refractivity (Wildman–Crippen MR) is 62.9 cm³/mol. The molecule has 0 saturated heterocycles. The number of nitrogens with zero attached hydrogens (tertiary/aromatic N) is 2. The quantitative estimate of drug-likeness (QED) is 0.554. The van der Waals surface area contributed by atoms with E-state index in [4.69, 9.17) is 0 Å². The first-order valence-electron chi connectivity index (χ1n) is 6.70. The zero-order valence-corrected chi connectivity index (χ0v) is 13.1. The Kier molecular flexibility index (Phi) is 5.82. The van der Waals surface area contributed by atoms with Crippen LogP contribution in [0.15, 0.2) is 12.4 Å². The number of aromatic nitrogens is 2. The predicted octanol–water partition coefficient (Wildman–Crippen LogP) is 5.07. The molecule has 1 aromatic heterocycles. The molecule has 1 rings (SSSR count). The highest BCUT2D eigenvalue weighted by atomic mass is 19.4. The Hall–Kier alpha value is -2.03. The molecule has 0 fully saturated rings. The summed E-state index contributed by atoms with van der Waals surface area (Å²) in [6.45, 7) is 1.17. The number of halogens is 13. The van der Waals surface area contributed by atoms with E-state index in [0.29, 0.717) is 0 Å². The average Bonchev–Trinajstić information content (AvgIpc) is 2.53. The van der Waals surface area contributed by atoms with Crippen LogP contribution in [-0.4, -0.2) is 46.4 Å². The zero-order valence-electron chi connectivity index (χ0n) is 13.1. The van der Waals surface area contributed by atoms with Crippen molar-refractivity contribution in [1.82, 2.24) is 9.97 Å². The van der Waals surface area contributed by atoms with E-state index in [9.17, 15) is 57.1 Å². The monoisotopic (exact) mass is 442 g/mol. The molecule has 162 valence electrons. The maximum atomic E-state index is 13.8. The molecular weight excluding hydrogens is 435 g/mol. The third kappa shape index (κ3) is 3.29. The summed E-state index contributed by atoms with van der Waals surface area (Å²) in [5.41, 5.74) is -2.27. The van der Waals surface area contributed by atoms with Crippen molar-refractivity contribution in [3.8, 4) is 6.01 Å². The van der Waals surface area contributed by atoms with Crippen LogP contribution in [0.1, 0.15) is 12.5 Å². The molecule has 0 unspecified atom stereocenters. The van der Waals surface area contributed by atoms with E-state index >= 15 is 0 Å². The van der Waals surface area contributed by atoms with Crippen LogP contribution < -0.4 is 4.74 Å². The fourth-order valence-corrected chi connectivity index (χ4v) is 1.63. The van der Waals surface area contributed by atoms with Crippen LogP contribution in [-0.2, 0) is 5.92 Å². The van der Waals surface area contributed by atoms with Crippen molar-refractivity contribution >= 4 is 0 Å². The van der Waals surface area contributed by atoms with Crippen molar-refractivity contribution in [3.05, 3.63) is 18.0 Å². The van der Waals surface area contributed by atoms with Gasteiger partial charge < -0.3 is 4.74 Å². The molecule has 16 heteroatoms. The van der Waals surface area contributed by atoms with Crippen molar-refractivity contribution in [2.75, 3.05) is 6.61 Å². The third-order valence-electron chi connectivity index (χ3n) is 3.20. The van der Waals surface area contributed by atoms with Gasteiger partial charge in [0.2, 0.25) is 0 Å². The summed E-state index contributed by atoms with van der Waals surface area (Å²) < 4.78 is 173. The number of alkyl halides is 13. The summed E-state index contributed by atoms with van der Waals surface area (Å²) in [6.07, 6.45) is -8.00. The van der Waals surface area contributed by atoms with Gasteiger partial charge in [-0.15, -0.1) is 0 Å². The van der Waals surface area contributed by atoms with Gasteiger partial charge in [-0.2, -0.15) is 57.1 Å². The van der Waals surface area contributed by atoms with E-state index in [0.717, 1.165) is 0 Å². The van der Waals surface area contributed by atoms with E-state index in [1.807, 2.05) is 0 Å². The molecule has 0 N–H and O–H groups in total. The first-order valence-corrected chi connectivity index (χ1v) is 6.70. The van der Waals surface area contributed by atoms with Crippen molar-refractivity contribution in [1.29, 1.82) is 0 Å². The second-order valence-corrected chi connectivity index (χ2v) is 5.06. The zero-order chi connectivity index (χ0) is 22.4. The van der Waals surface area contributed by atoms with Crippen LogP contribution in [0.3, 0.4) is 0 Å². The van der Waals surface area contributed by atoms with Gasteiger partial charge in [0.05, 0.1) is 12.2 Å². The van der Waals surface area contributed by atoms with Gasteiger partial charge >= 0.3 is 41.8 Å². The van der Waals surface area contributed by atoms with Crippen LogP contribution in [0, 0.1) is 0 Å². The molecule has 0 atom stereocenters. The Balaban J connectivity index is 3.48. The summed E-state index contributed by atoms with van der Waals surface area (Å²) in [6, 6.07) is -0.730. The fourth-order valence-electron chi connectivity index (χ4n) is 1.63. The van der Waals surface area contributed by atoms with E-state index in [1.54, 1.807) is 0 Å². The Morgan fingerprint density at radius 1 is 0.679 bits per heavy atom. The number of hydrogen-bond donors (Lipinski definition) is 0. The largest absolute Gasteiger partial charge is 0.464 e. The number of ether oxygens (including phenoxy) is 1. The first kappa shape index (κ1) is 24.0. The molecule has 0 saturated carbocycles. The summed E-state index contributed by atoms with van der Waals surface area (Å²) in [4.78, 5) is 5.75. The Bertz CT molecular complexity index is 684. The summed E-state index contributed by atoms with van der Waals surface area (Å²) >= 11 is 0. The minimum Gasteiger partial charge on any atom is -0.464 e. The lowest BCUT2D eigenvalue weighted by Crippen LogP contribution is -2.69. The fraction of sp³-hybridized carbons (Fsp3) is 0.667. The van der Waals surface area contributed by atoms with E-state index in [-0.39, 0.29) is 19.0 Å². The van der Waals surface area contributed by atoms with Crippen molar-refractivity contribution in [3.63, 3.8) is 0 Å². The molecule has 0 spiro atoms. The van der Waals surface area contributed by atoms with Gasteiger partial charge in [-0.25, -0.2) is 9.97 Å². The Morgan fingerprint density at radius 3 is 1.43 bits per heavy atom. The van der Waals surface area contributed by atoms with E-state index in [2.05, 4.69) is 14.7 Å². The maximum Gasteiger partial charge on any atom is 0.460 e. The van der Waals surface area contributed by atoms with Crippen molar-refractivity contribution in [2.45, 2.75) is 42.7 Å². The molecule has 1 aromatic rings. The lowest BCUT2D eigenvalue weighted by Gasteiger charge is -2.39. The van der Waals surface area contributed by atoms with Crippen LogP contribution in [0.5, 0.6) is 6.01 Å². The lowest BCUT2D eigenvalue weighted by atomic mass is 9.91. The highest BCUT2D eigenvalue weighted by Crippen LogP contribution is 2.61. The molecule has 3 nitrogen and oxygen atoms in total. The summed E-state index contributed by atoms with van der Waals surface area (Å²) in [5, 5.41) is 0. The second-order valence-electron chi connectivity index (χ2n) is 5.06. The molecule has 0 bridgehead atoms. The van der Waals surface area contributed by atoms with Crippen LogP contribution >= 0.6 is 0 Å². The van der Waals surface area contributed by atoms with Crippen molar-refractivity contribution in [2.24, 2.45) is 0 Å². The van der Waals surface area contributed by atoms with Gasteiger partial charge in [-0.3, -0.25) is 0 Å². The first-order chi connectivity index (χ1) is 12.3. The highest BCUT2D eigenvalue weighted by molar-refractivity contribution is 5.22. The minimum atomic E-state index is -7.95. The van der Waals surface area contributed by atoms with Crippen LogP contribution in [0.2, 0.25) is 0 Å². The highest BCUT2D eigenvalue weighted by Gasteiger charge is 2.90. The van der Waals surface area contributed by atoms with Gasteiger partial charge in [0, 0.05) is 12.4 Å². The second kappa shape index (κ2) is 6.79. The lowest BCUT2D eigenvalue weighted by molar-refractivity contribution is -0.441. The topological polar surface area (TPSA) is 35.0 Å². The molecule has 0 aliphatic rings. The maximum absolute atomic E-state index is 13.8. The SMILES string of the molecule is CCOc1ncc(C(F)(F)C(F)(F)C(F)(F)C(F)(F)C(F)(F)C(F)(F)F)cn1. The van der Waals surface area contributed by atoms with Gasteiger partial charge in [-0.05, 0) is 6.92 Å². The molecule has 1 heterocycles. The third-order valence-corrected chi connectivity index (χ3v) is 3.20. The van der Waals surface area contributed by atoms with Gasteiger partial charge in [-0.1, -0.05) is 0 Å². The average molecular weight is 442 g/mol. The number of rotatable bonds is 7. The van der Waals surface area contributed by atoms with Gasteiger partial charge in [0.15, 0.2) is 0 Å². The number of hydrogen-bond acceptors (Lipinski definition) is 3. The molecular formula is C12H7F13N2O.